The first-order valence-corrected chi connectivity index (χ1v) is 9.32. The average molecular weight is 414 g/mol. The molecule has 0 aliphatic rings. The second-order valence-electron chi connectivity index (χ2n) is 4.41. The van der Waals surface area contributed by atoms with Gasteiger partial charge in [0.25, 0.3) is 0 Å². The van der Waals surface area contributed by atoms with E-state index in [1.807, 2.05) is 30.3 Å². The van der Waals surface area contributed by atoms with Crippen molar-refractivity contribution in [1.82, 2.24) is 4.98 Å². The van der Waals surface area contributed by atoms with Crippen LogP contribution in [0.15, 0.2) is 51.3 Å². The van der Waals surface area contributed by atoms with E-state index in [0.717, 1.165) is 19.0 Å². The largest absolute Gasteiger partial charge is 0.324 e. The summed E-state index contributed by atoms with van der Waals surface area (Å²) >= 11 is 12.4. The third kappa shape index (κ3) is 3.81. The topological polar surface area (TPSA) is 42.0 Å². The molecule has 0 radical (unpaired) electrons. The zero-order valence-electron chi connectivity index (χ0n) is 11.2. The molecular formula is C15H10BrClN2OS2. The molecule has 0 aliphatic heterocycles. The number of benzene rings is 2. The van der Waals surface area contributed by atoms with Gasteiger partial charge < -0.3 is 5.32 Å². The van der Waals surface area contributed by atoms with Gasteiger partial charge in [0.05, 0.1) is 26.7 Å². The van der Waals surface area contributed by atoms with Crippen molar-refractivity contribution in [2.45, 2.75) is 4.34 Å². The molecular weight excluding hydrogens is 404 g/mol. The Morgan fingerprint density at radius 3 is 2.91 bits per heavy atom. The monoisotopic (exact) mass is 412 g/mol. The highest BCUT2D eigenvalue weighted by Crippen LogP contribution is 2.30. The van der Waals surface area contributed by atoms with Crippen LogP contribution in [0, 0.1) is 0 Å². The quantitative estimate of drug-likeness (QED) is 0.579. The van der Waals surface area contributed by atoms with Crippen LogP contribution >= 0.6 is 50.6 Å². The lowest BCUT2D eigenvalue weighted by molar-refractivity contribution is -0.113. The molecule has 0 saturated carbocycles. The van der Waals surface area contributed by atoms with E-state index in [-0.39, 0.29) is 5.91 Å². The van der Waals surface area contributed by atoms with Gasteiger partial charge in [-0.15, -0.1) is 11.3 Å². The van der Waals surface area contributed by atoms with E-state index in [0.29, 0.717) is 16.5 Å². The minimum atomic E-state index is -0.103. The van der Waals surface area contributed by atoms with Crippen molar-refractivity contribution in [3.8, 4) is 0 Å². The summed E-state index contributed by atoms with van der Waals surface area (Å²) in [5, 5.41) is 3.31. The Bertz CT molecular complexity index is 804. The number of thioether (sulfide) groups is 1. The molecule has 3 rings (SSSR count). The summed E-state index contributed by atoms with van der Waals surface area (Å²) in [6.45, 7) is 0. The molecule has 0 aliphatic carbocycles. The molecule has 0 bridgehead atoms. The number of aromatic nitrogens is 1. The Kier molecular flexibility index (Phi) is 5.03. The Morgan fingerprint density at radius 1 is 1.32 bits per heavy atom. The van der Waals surface area contributed by atoms with Gasteiger partial charge in [-0.3, -0.25) is 4.79 Å². The van der Waals surface area contributed by atoms with Crippen LogP contribution in [0.4, 0.5) is 5.69 Å². The van der Waals surface area contributed by atoms with Gasteiger partial charge in [0, 0.05) is 4.47 Å². The number of amides is 1. The van der Waals surface area contributed by atoms with E-state index < -0.39 is 0 Å². The van der Waals surface area contributed by atoms with Crippen LogP contribution in [-0.4, -0.2) is 16.6 Å². The zero-order valence-corrected chi connectivity index (χ0v) is 15.2. The van der Waals surface area contributed by atoms with Crippen molar-refractivity contribution in [3.05, 3.63) is 52.0 Å². The van der Waals surface area contributed by atoms with Crippen molar-refractivity contribution < 1.29 is 4.79 Å². The summed E-state index contributed by atoms with van der Waals surface area (Å²) in [6.07, 6.45) is 0. The maximum absolute atomic E-state index is 12.0. The van der Waals surface area contributed by atoms with Crippen LogP contribution in [0.25, 0.3) is 10.2 Å². The van der Waals surface area contributed by atoms with Gasteiger partial charge in [-0.1, -0.05) is 51.4 Å². The summed E-state index contributed by atoms with van der Waals surface area (Å²) < 4.78 is 2.89. The van der Waals surface area contributed by atoms with Gasteiger partial charge in [0.1, 0.15) is 0 Å². The molecule has 7 heteroatoms. The van der Waals surface area contributed by atoms with Crippen molar-refractivity contribution in [2.75, 3.05) is 11.1 Å². The van der Waals surface area contributed by atoms with Crippen LogP contribution in [0.2, 0.25) is 5.02 Å². The number of rotatable bonds is 4. The van der Waals surface area contributed by atoms with E-state index in [9.17, 15) is 4.79 Å². The number of nitrogens with zero attached hydrogens (tertiary/aromatic N) is 1. The van der Waals surface area contributed by atoms with Crippen LogP contribution in [0.3, 0.4) is 0 Å². The van der Waals surface area contributed by atoms with Gasteiger partial charge in [-0.25, -0.2) is 4.98 Å². The number of para-hydroxylation sites is 1. The highest BCUT2D eigenvalue weighted by molar-refractivity contribution is 9.10. The maximum Gasteiger partial charge on any atom is 0.234 e. The third-order valence-electron chi connectivity index (χ3n) is 2.81. The fraction of sp³-hybridized carbons (Fsp3) is 0.0667. The number of thiazole rings is 1. The number of carbonyl (C=O) groups is 1. The van der Waals surface area contributed by atoms with E-state index in [4.69, 9.17) is 11.6 Å². The molecule has 0 saturated heterocycles. The van der Waals surface area contributed by atoms with Crippen LogP contribution < -0.4 is 5.32 Å². The second-order valence-corrected chi connectivity index (χ2v) is 7.98. The number of fused-ring (bicyclic) bond motifs is 1. The van der Waals surface area contributed by atoms with Gasteiger partial charge in [0.2, 0.25) is 5.91 Å². The first-order valence-electron chi connectivity index (χ1n) is 6.35. The Labute approximate surface area is 149 Å². The predicted octanol–water partition coefficient (Wildman–Crippen LogP) is 5.44. The summed E-state index contributed by atoms with van der Waals surface area (Å²) in [7, 11) is 0. The lowest BCUT2D eigenvalue weighted by Gasteiger charge is -2.06. The molecule has 0 spiro atoms. The van der Waals surface area contributed by atoms with E-state index >= 15 is 0 Å². The number of carbonyl (C=O) groups excluding carboxylic acids is 1. The molecule has 0 fully saturated rings. The summed E-state index contributed by atoms with van der Waals surface area (Å²) in [6, 6.07) is 13.3. The summed E-state index contributed by atoms with van der Waals surface area (Å²) in [5.74, 6) is 0.195. The molecule has 0 unspecified atom stereocenters. The fourth-order valence-corrected chi connectivity index (χ4v) is 4.41. The zero-order chi connectivity index (χ0) is 15.5. The second kappa shape index (κ2) is 7.00. The lowest BCUT2D eigenvalue weighted by atomic mass is 10.3. The molecule has 3 aromatic rings. The van der Waals surface area contributed by atoms with E-state index in [2.05, 4.69) is 26.2 Å². The van der Waals surface area contributed by atoms with Crippen LogP contribution in [0.1, 0.15) is 0 Å². The highest BCUT2D eigenvalue weighted by atomic mass is 79.9. The highest BCUT2D eigenvalue weighted by Gasteiger charge is 2.09. The van der Waals surface area contributed by atoms with Gasteiger partial charge in [0.15, 0.2) is 4.34 Å². The van der Waals surface area contributed by atoms with Crippen molar-refractivity contribution in [1.29, 1.82) is 0 Å². The minimum Gasteiger partial charge on any atom is -0.324 e. The van der Waals surface area contributed by atoms with Crippen molar-refractivity contribution in [3.63, 3.8) is 0 Å². The number of halogens is 2. The number of hydrogen-bond acceptors (Lipinski definition) is 4. The number of hydrogen-bond donors (Lipinski definition) is 1. The molecule has 0 atom stereocenters. The Hall–Kier alpha value is -1.08. The van der Waals surface area contributed by atoms with Gasteiger partial charge >= 0.3 is 0 Å². The lowest BCUT2D eigenvalue weighted by Crippen LogP contribution is -2.14. The molecule has 3 nitrogen and oxygen atoms in total. The van der Waals surface area contributed by atoms with Crippen molar-refractivity contribution in [2.24, 2.45) is 0 Å². The third-order valence-corrected chi connectivity index (χ3v) is 5.79. The van der Waals surface area contributed by atoms with Crippen molar-refractivity contribution >= 4 is 72.4 Å². The SMILES string of the molecule is O=C(CSc1nc2ccccc2s1)Nc1ccc(Br)cc1Cl. The standard InChI is InChI=1S/C15H10BrClN2OS2/c16-9-5-6-11(10(17)7-9)18-14(20)8-21-15-19-12-3-1-2-4-13(12)22-15/h1-7H,8H2,(H,18,20). The predicted molar refractivity (Wildman–Crippen MR) is 98.1 cm³/mol. The molecule has 112 valence electrons. The van der Waals surface area contributed by atoms with Crippen LogP contribution in [0.5, 0.6) is 0 Å². The number of nitrogens with one attached hydrogen (secondary N) is 1. The normalized spacial score (nSPS) is 10.8. The Balaban J connectivity index is 1.62. The molecule has 1 amide bonds. The molecule has 1 aromatic heterocycles. The average Bonchev–Trinajstić information content (AvgIpc) is 2.91. The number of anilines is 1. The molecule has 1 heterocycles. The summed E-state index contributed by atoms with van der Waals surface area (Å²) in [4.78, 5) is 16.5. The maximum atomic E-state index is 12.0. The first-order chi connectivity index (χ1) is 10.6. The molecule has 1 N–H and O–H groups in total. The Morgan fingerprint density at radius 2 is 2.14 bits per heavy atom. The van der Waals surface area contributed by atoms with E-state index in [1.54, 1.807) is 23.5 Å². The first kappa shape index (κ1) is 15.8. The minimum absolute atomic E-state index is 0.103. The smallest absolute Gasteiger partial charge is 0.234 e. The fourth-order valence-electron chi connectivity index (χ4n) is 1.82. The van der Waals surface area contributed by atoms with E-state index in [1.165, 1.54) is 11.8 Å². The summed E-state index contributed by atoms with van der Waals surface area (Å²) in [5.41, 5.74) is 1.58. The molecule has 22 heavy (non-hydrogen) atoms. The van der Waals surface area contributed by atoms with Gasteiger partial charge in [-0.05, 0) is 30.3 Å². The van der Waals surface area contributed by atoms with Crippen LogP contribution in [-0.2, 0) is 4.79 Å². The molecule has 2 aromatic carbocycles. The van der Waals surface area contributed by atoms with Gasteiger partial charge in [-0.2, -0.15) is 0 Å².